The van der Waals surface area contributed by atoms with E-state index in [1.165, 1.54) is 5.56 Å². The van der Waals surface area contributed by atoms with Crippen LogP contribution in [-0.2, 0) is 26.6 Å². The average Bonchev–Trinajstić information content (AvgIpc) is 3.02. The number of anilines is 1. The van der Waals surface area contributed by atoms with Crippen LogP contribution in [0.15, 0.2) is 42.7 Å². The molecule has 3 heterocycles. The van der Waals surface area contributed by atoms with Gasteiger partial charge in [-0.15, -0.1) is 0 Å². The molecule has 0 atom stereocenters. The zero-order valence-corrected chi connectivity index (χ0v) is 15.5. The van der Waals surface area contributed by atoms with E-state index in [2.05, 4.69) is 20.4 Å². The van der Waals surface area contributed by atoms with E-state index in [0.29, 0.717) is 25.6 Å². The van der Waals surface area contributed by atoms with Crippen molar-refractivity contribution in [1.82, 2.24) is 24.6 Å². The Balaban J connectivity index is 1.50. The molecule has 1 aromatic carbocycles. The van der Waals surface area contributed by atoms with E-state index in [0.717, 1.165) is 28.9 Å². The quantitative estimate of drug-likeness (QED) is 0.771. The standard InChI is InChI=1S/C20H22N6O/c1-14-5-3-6-15(11-14)19(27)26-10-7-16-17(24-25(2)18(16)13-26)12-23-20-21-8-4-9-22-20/h3-6,8-9,11H,7,10,12-13H2,1-2H3,(H,21,22,23). The van der Waals surface area contributed by atoms with E-state index in [1.54, 1.807) is 18.5 Å². The fourth-order valence-corrected chi connectivity index (χ4v) is 3.49. The van der Waals surface area contributed by atoms with Crippen molar-refractivity contribution < 1.29 is 4.79 Å². The van der Waals surface area contributed by atoms with Crippen molar-refractivity contribution in [3.63, 3.8) is 0 Å². The summed E-state index contributed by atoms with van der Waals surface area (Å²) in [5, 5.41) is 7.86. The number of nitrogens with zero attached hydrogens (tertiary/aromatic N) is 5. The average molecular weight is 362 g/mol. The Kier molecular flexibility index (Phi) is 4.58. The number of aryl methyl sites for hydroxylation is 2. The molecule has 1 N–H and O–H groups in total. The molecule has 0 saturated carbocycles. The smallest absolute Gasteiger partial charge is 0.254 e. The predicted molar refractivity (Wildman–Crippen MR) is 102 cm³/mol. The summed E-state index contributed by atoms with van der Waals surface area (Å²) < 4.78 is 1.88. The first kappa shape index (κ1) is 17.2. The van der Waals surface area contributed by atoms with E-state index in [-0.39, 0.29) is 5.91 Å². The number of fused-ring (bicyclic) bond motifs is 1. The number of benzene rings is 1. The zero-order chi connectivity index (χ0) is 18.8. The van der Waals surface area contributed by atoms with Gasteiger partial charge in [-0.3, -0.25) is 9.48 Å². The number of hydrogen-bond donors (Lipinski definition) is 1. The van der Waals surface area contributed by atoms with E-state index in [4.69, 9.17) is 0 Å². The van der Waals surface area contributed by atoms with Crippen LogP contribution in [0.1, 0.15) is 32.9 Å². The fourth-order valence-electron chi connectivity index (χ4n) is 3.49. The lowest BCUT2D eigenvalue weighted by molar-refractivity contribution is 0.0730. The molecule has 0 spiro atoms. The molecule has 0 fully saturated rings. The Morgan fingerprint density at radius 2 is 2.04 bits per heavy atom. The van der Waals surface area contributed by atoms with E-state index >= 15 is 0 Å². The normalized spacial score (nSPS) is 13.3. The second-order valence-electron chi connectivity index (χ2n) is 6.77. The summed E-state index contributed by atoms with van der Waals surface area (Å²) in [5.74, 6) is 0.659. The minimum atomic E-state index is 0.0721. The molecule has 0 bridgehead atoms. The topological polar surface area (TPSA) is 75.9 Å². The Bertz CT molecular complexity index is 966. The van der Waals surface area contributed by atoms with Gasteiger partial charge in [-0.1, -0.05) is 17.7 Å². The highest BCUT2D eigenvalue weighted by atomic mass is 16.2. The van der Waals surface area contributed by atoms with Gasteiger partial charge in [0.2, 0.25) is 5.95 Å². The largest absolute Gasteiger partial charge is 0.348 e. The molecule has 3 aromatic rings. The molecule has 7 heteroatoms. The lowest BCUT2D eigenvalue weighted by Gasteiger charge is -2.28. The van der Waals surface area contributed by atoms with Crippen LogP contribution in [0.2, 0.25) is 0 Å². The van der Waals surface area contributed by atoms with Crippen LogP contribution in [-0.4, -0.2) is 37.1 Å². The van der Waals surface area contributed by atoms with Crippen molar-refractivity contribution in [3.8, 4) is 0 Å². The molecule has 138 valence electrons. The first-order chi connectivity index (χ1) is 13.1. The Morgan fingerprint density at radius 3 is 2.81 bits per heavy atom. The molecule has 1 aliphatic rings. The number of carbonyl (C=O) groups excluding carboxylic acids is 1. The Morgan fingerprint density at radius 1 is 1.22 bits per heavy atom. The summed E-state index contributed by atoms with van der Waals surface area (Å²) in [5.41, 5.74) is 5.13. The van der Waals surface area contributed by atoms with E-state index < -0.39 is 0 Å². The molecular weight excluding hydrogens is 340 g/mol. The maximum atomic E-state index is 12.9. The molecule has 1 amide bonds. The first-order valence-corrected chi connectivity index (χ1v) is 9.02. The summed E-state index contributed by atoms with van der Waals surface area (Å²) in [7, 11) is 1.93. The van der Waals surface area contributed by atoms with Gasteiger partial charge in [0.05, 0.1) is 24.5 Å². The van der Waals surface area contributed by atoms with Crippen molar-refractivity contribution in [2.45, 2.75) is 26.4 Å². The van der Waals surface area contributed by atoms with Gasteiger partial charge in [-0.2, -0.15) is 5.10 Å². The number of carbonyl (C=O) groups is 1. The van der Waals surface area contributed by atoms with Crippen LogP contribution >= 0.6 is 0 Å². The van der Waals surface area contributed by atoms with Crippen molar-refractivity contribution in [1.29, 1.82) is 0 Å². The molecule has 7 nitrogen and oxygen atoms in total. The third-order valence-corrected chi connectivity index (χ3v) is 4.86. The summed E-state index contributed by atoms with van der Waals surface area (Å²) >= 11 is 0. The maximum absolute atomic E-state index is 12.9. The van der Waals surface area contributed by atoms with Crippen LogP contribution in [0.4, 0.5) is 5.95 Å². The van der Waals surface area contributed by atoms with Gasteiger partial charge in [0.15, 0.2) is 0 Å². The van der Waals surface area contributed by atoms with Crippen molar-refractivity contribution in [3.05, 3.63) is 70.8 Å². The van der Waals surface area contributed by atoms with Gasteiger partial charge in [-0.25, -0.2) is 9.97 Å². The van der Waals surface area contributed by atoms with Crippen molar-refractivity contribution in [2.75, 3.05) is 11.9 Å². The van der Waals surface area contributed by atoms with Gasteiger partial charge in [0.1, 0.15) is 0 Å². The minimum Gasteiger partial charge on any atom is -0.348 e. The number of amides is 1. The lowest BCUT2D eigenvalue weighted by atomic mass is 10.0. The molecule has 27 heavy (non-hydrogen) atoms. The Hall–Kier alpha value is -3.22. The number of aromatic nitrogens is 4. The molecular formula is C20H22N6O. The van der Waals surface area contributed by atoms with Gasteiger partial charge >= 0.3 is 0 Å². The summed E-state index contributed by atoms with van der Waals surface area (Å²) in [6.45, 7) is 3.84. The minimum absolute atomic E-state index is 0.0721. The maximum Gasteiger partial charge on any atom is 0.254 e. The van der Waals surface area contributed by atoms with Crippen LogP contribution in [0, 0.1) is 6.92 Å². The van der Waals surface area contributed by atoms with Gasteiger partial charge < -0.3 is 10.2 Å². The van der Waals surface area contributed by atoms with E-state index in [9.17, 15) is 4.79 Å². The summed E-state index contributed by atoms with van der Waals surface area (Å²) in [6.07, 6.45) is 4.21. The second kappa shape index (κ2) is 7.19. The summed E-state index contributed by atoms with van der Waals surface area (Å²) in [4.78, 5) is 23.1. The lowest BCUT2D eigenvalue weighted by Crippen LogP contribution is -2.36. The molecule has 0 aliphatic carbocycles. The molecule has 0 unspecified atom stereocenters. The number of nitrogens with one attached hydrogen (secondary N) is 1. The van der Waals surface area contributed by atoms with Gasteiger partial charge in [0.25, 0.3) is 5.91 Å². The summed E-state index contributed by atoms with van der Waals surface area (Å²) in [6, 6.07) is 9.53. The highest BCUT2D eigenvalue weighted by Crippen LogP contribution is 2.24. The molecule has 0 saturated heterocycles. The fraction of sp³-hybridized carbons (Fsp3) is 0.300. The van der Waals surface area contributed by atoms with Gasteiger partial charge in [0, 0.05) is 37.1 Å². The third kappa shape index (κ3) is 3.53. The highest BCUT2D eigenvalue weighted by molar-refractivity contribution is 5.94. The SMILES string of the molecule is Cc1cccc(C(=O)N2CCc3c(CNc4ncccn4)nn(C)c3C2)c1. The second-order valence-corrected chi connectivity index (χ2v) is 6.77. The van der Waals surface area contributed by atoms with Crippen LogP contribution in [0.25, 0.3) is 0 Å². The van der Waals surface area contributed by atoms with Crippen molar-refractivity contribution in [2.24, 2.45) is 7.05 Å². The van der Waals surface area contributed by atoms with Crippen LogP contribution in [0.3, 0.4) is 0 Å². The van der Waals surface area contributed by atoms with Crippen LogP contribution < -0.4 is 5.32 Å². The zero-order valence-electron chi connectivity index (χ0n) is 15.5. The third-order valence-electron chi connectivity index (χ3n) is 4.86. The monoisotopic (exact) mass is 362 g/mol. The number of hydrogen-bond acceptors (Lipinski definition) is 5. The van der Waals surface area contributed by atoms with E-state index in [1.807, 2.05) is 47.8 Å². The Labute approximate surface area is 158 Å². The first-order valence-electron chi connectivity index (χ1n) is 9.02. The van der Waals surface area contributed by atoms with Gasteiger partial charge in [-0.05, 0) is 31.5 Å². The molecule has 1 aliphatic heterocycles. The van der Waals surface area contributed by atoms with Crippen molar-refractivity contribution >= 4 is 11.9 Å². The molecule has 0 radical (unpaired) electrons. The highest BCUT2D eigenvalue weighted by Gasteiger charge is 2.27. The molecule has 4 rings (SSSR count). The van der Waals surface area contributed by atoms with Crippen LogP contribution in [0.5, 0.6) is 0 Å². The predicted octanol–water partition coefficient (Wildman–Crippen LogP) is 2.33. The number of rotatable bonds is 4. The molecule has 2 aromatic heterocycles.